The number of fused-ring (bicyclic) bond motifs is 4. The van der Waals surface area contributed by atoms with Crippen molar-refractivity contribution in [2.45, 2.75) is 52.3 Å². The smallest absolute Gasteiger partial charge is 0.135 e. The summed E-state index contributed by atoms with van der Waals surface area (Å²) in [6.45, 7) is 10.8. The number of anilines is 4. The third-order valence-electron chi connectivity index (χ3n) is 13.1. The van der Waals surface area contributed by atoms with Gasteiger partial charge in [-0.2, -0.15) is 12.1 Å². The molecule has 10 aromatic rings. The molecule has 0 spiro atoms. The molecule has 0 fully saturated rings. The van der Waals surface area contributed by atoms with Gasteiger partial charge in [-0.15, -0.1) is 48.1 Å². The van der Waals surface area contributed by atoms with Crippen LogP contribution >= 0.6 is 0 Å². The quantitative estimate of drug-likeness (QED) is 0.135. The van der Waals surface area contributed by atoms with Crippen molar-refractivity contribution in [3.63, 3.8) is 0 Å². The van der Waals surface area contributed by atoms with Gasteiger partial charge in [0.25, 0.3) is 0 Å². The van der Waals surface area contributed by atoms with Gasteiger partial charge < -0.3 is 19.1 Å². The molecular weight excluding hydrogens is 1010 g/mol. The maximum Gasteiger partial charge on any atom is 0.135 e. The molecule has 0 unspecified atom stereocenters. The molecule has 68 heavy (non-hydrogen) atoms. The van der Waals surface area contributed by atoms with E-state index in [1.165, 1.54) is 11.1 Å². The number of aromatic nitrogens is 2. The molecule has 2 aromatic heterocycles. The average Bonchev–Trinajstić information content (AvgIpc) is 3.92. The van der Waals surface area contributed by atoms with Crippen LogP contribution in [0.15, 0.2) is 194 Å². The second-order valence-corrected chi connectivity index (χ2v) is 18.8. The van der Waals surface area contributed by atoms with Crippen molar-refractivity contribution in [1.82, 2.24) is 9.55 Å². The molecule has 1 aliphatic rings. The number of ether oxygens (including phenoxy) is 1. The van der Waals surface area contributed by atoms with Crippen LogP contribution in [0.1, 0.15) is 61.0 Å². The van der Waals surface area contributed by atoms with Crippen molar-refractivity contribution in [3.05, 3.63) is 235 Å². The van der Waals surface area contributed by atoms with E-state index >= 15 is 0 Å². The fourth-order valence-electron chi connectivity index (χ4n) is 9.31. The van der Waals surface area contributed by atoms with Gasteiger partial charge >= 0.3 is 0 Å². The minimum atomic E-state index is -2.43. The van der Waals surface area contributed by atoms with Crippen molar-refractivity contribution in [1.29, 1.82) is 0 Å². The number of nitrogens with zero attached hydrogens (tertiary/aromatic N) is 4. The molecule has 0 atom stereocenters. The molecule has 1 aliphatic heterocycles. The van der Waals surface area contributed by atoms with Crippen molar-refractivity contribution in [2.75, 3.05) is 9.80 Å². The van der Waals surface area contributed by atoms with Crippen LogP contribution in [0.3, 0.4) is 0 Å². The Morgan fingerprint density at radius 2 is 1.26 bits per heavy atom. The maximum absolute atomic E-state index is 8.79. The summed E-state index contributed by atoms with van der Waals surface area (Å²) in [4.78, 5) is 9.42. The Hall–Kier alpha value is -7.20. The summed E-state index contributed by atoms with van der Waals surface area (Å²) >= 11 is 0. The van der Waals surface area contributed by atoms with Crippen LogP contribution in [0.5, 0.6) is 11.5 Å². The fourth-order valence-corrected chi connectivity index (χ4v) is 9.31. The molecule has 0 saturated heterocycles. The molecule has 5 nitrogen and oxygen atoms in total. The van der Waals surface area contributed by atoms with Crippen molar-refractivity contribution < 1.29 is 29.9 Å². The summed E-state index contributed by atoms with van der Waals surface area (Å²) in [6.07, 6.45) is 1.70. The molecule has 338 valence electrons. The molecule has 0 N–H and O–H groups in total. The van der Waals surface area contributed by atoms with E-state index < -0.39 is 6.85 Å². The first kappa shape index (κ1) is 41.0. The summed E-state index contributed by atoms with van der Waals surface area (Å²) in [5.74, 6) is 1.47. The Kier molecular flexibility index (Phi) is 10.7. The Balaban J connectivity index is 0.00000582. The minimum Gasteiger partial charge on any atom is -0.509 e. The van der Waals surface area contributed by atoms with Gasteiger partial charge in [0.05, 0.1) is 0 Å². The molecule has 3 heterocycles. The van der Waals surface area contributed by atoms with Crippen LogP contribution in [-0.4, -0.2) is 9.55 Å². The van der Waals surface area contributed by atoms with E-state index in [-0.39, 0.29) is 37.5 Å². The first-order chi connectivity index (χ1) is 33.7. The third kappa shape index (κ3) is 8.20. The number of hydrogen-bond donors (Lipinski definition) is 0. The number of hydrogen-bond acceptors (Lipinski definition) is 4. The standard InChI is InChI=1S/C62H51N4O.Pt/c1-42-34-60(63-40-55(42)45-20-15-24-48(35-45)62(5,6)46-21-11-8-12-22-46)66-56-29-14-13-28-53(56)54-32-31-52(39-58(54)66)67-51-27-17-26-50(38-51)64-41-65(49-25-16-23-47(37-49)61(2,3)4)59-36-44(30-33-57(59)64)43-18-9-7-10-19-43;/h7-37,40-41H,1-6H3;/q-3;/i1D3;. The predicted molar refractivity (Wildman–Crippen MR) is 277 cm³/mol. The molecular formula is C62H51N4OPt-3. The molecule has 11 rings (SSSR count). The van der Waals surface area contributed by atoms with E-state index in [1.54, 1.807) is 12.3 Å². The first-order valence-electron chi connectivity index (χ1n) is 24.3. The second-order valence-electron chi connectivity index (χ2n) is 18.8. The molecule has 6 heteroatoms. The molecule has 0 aliphatic carbocycles. The molecule has 0 bridgehead atoms. The number of para-hydroxylation sites is 1. The molecule has 0 radical (unpaired) electrons. The monoisotopic (exact) mass is 1070 g/mol. The summed E-state index contributed by atoms with van der Waals surface area (Å²) in [5.41, 5.74) is 12.6. The van der Waals surface area contributed by atoms with E-state index in [0.29, 0.717) is 28.4 Å². The predicted octanol–water partition coefficient (Wildman–Crippen LogP) is 16.2. The topological polar surface area (TPSA) is 33.5 Å². The summed E-state index contributed by atoms with van der Waals surface area (Å²) < 4.78 is 35.0. The van der Waals surface area contributed by atoms with Gasteiger partial charge in [0.1, 0.15) is 5.82 Å². The number of pyridine rings is 1. The zero-order valence-corrected chi connectivity index (χ0v) is 40.8. The Morgan fingerprint density at radius 3 is 2.07 bits per heavy atom. The first-order valence-corrected chi connectivity index (χ1v) is 22.8. The largest absolute Gasteiger partial charge is 0.509 e. The van der Waals surface area contributed by atoms with Crippen molar-refractivity contribution in [2.24, 2.45) is 0 Å². The normalized spacial score (nSPS) is 13.5. The van der Waals surface area contributed by atoms with E-state index in [9.17, 15) is 0 Å². The van der Waals surface area contributed by atoms with E-state index in [4.69, 9.17) is 13.8 Å². The number of benzene rings is 8. The van der Waals surface area contributed by atoms with Gasteiger partial charge in [-0.1, -0.05) is 161 Å². The SMILES string of the molecule is [2H]C([2H])([2H])c1cc(-n2c3[c-]c(Oc4[c-]c(N5[CH-]N(c6cccc(C(C)(C)C)c6)c6cc(-c7ccccc7)ccc65)ccc4)ccc3c3ccccc32)ncc1-c1cccc(C(C)(C)c2ccccc2)c1.[Pt]. The Labute approximate surface area is 418 Å². The van der Waals surface area contributed by atoms with Gasteiger partial charge in [0, 0.05) is 76.4 Å². The van der Waals surface area contributed by atoms with Crippen LogP contribution in [0.25, 0.3) is 49.9 Å². The second kappa shape index (κ2) is 17.8. The van der Waals surface area contributed by atoms with Crippen LogP contribution in [-0.2, 0) is 31.9 Å². The van der Waals surface area contributed by atoms with Crippen LogP contribution in [0.4, 0.5) is 22.7 Å². The van der Waals surface area contributed by atoms with Crippen LogP contribution in [0, 0.1) is 25.7 Å². The van der Waals surface area contributed by atoms with Gasteiger partial charge in [0.2, 0.25) is 0 Å². The Morgan fingerprint density at radius 1 is 0.559 bits per heavy atom. The molecule has 8 aromatic carbocycles. The van der Waals surface area contributed by atoms with Gasteiger partial charge in [0.15, 0.2) is 0 Å². The van der Waals surface area contributed by atoms with E-state index in [0.717, 1.165) is 61.3 Å². The van der Waals surface area contributed by atoms with Crippen LogP contribution in [0.2, 0.25) is 0 Å². The van der Waals surface area contributed by atoms with Gasteiger partial charge in [-0.05, 0) is 93.0 Å². The summed E-state index contributed by atoms with van der Waals surface area (Å²) in [7, 11) is 0. The maximum atomic E-state index is 8.79. The van der Waals surface area contributed by atoms with Gasteiger partial charge in [-0.3, -0.25) is 0 Å². The van der Waals surface area contributed by atoms with Crippen LogP contribution < -0.4 is 14.5 Å². The van der Waals surface area contributed by atoms with E-state index in [2.05, 4.69) is 160 Å². The zero-order chi connectivity index (χ0) is 48.4. The minimum absolute atomic E-state index is 0. The van der Waals surface area contributed by atoms with Gasteiger partial charge in [-0.25, -0.2) is 4.98 Å². The van der Waals surface area contributed by atoms with Crippen molar-refractivity contribution >= 4 is 44.6 Å². The third-order valence-corrected chi connectivity index (χ3v) is 13.1. The number of rotatable bonds is 9. The average molecular weight is 1070 g/mol. The summed E-state index contributed by atoms with van der Waals surface area (Å²) in [5, 5.41) is 1.92. The number of aryl methyl sites for hydroxylation is 1. The van der Waals surface area contributed by atoms with Crippen molar-refractivity contribution in [3.8, 4) is 39.6 Å². The molecule has 0 amide bonds. The zero-order valence-electron chi connectivity index (χ0n) is 41.6. The fraction of sp³-hybridized carbons (Fsp3) is 0.129. The summed E-state index contributed by atoms with van der Waals surface area (Å²) in [6, 6.07) is 71.1. The molecule has 0 saturated carbocycles. The Bertz CT molecular complexity index is 3580. The van der Waals surface area contributed by atoms with E-state index in [1.807, 2.05) is 89.5 Å².